The largest absolute Gasteiger partial charge is 0.495 e. The first kappa shape index (κ1) is 21.5. The van der Waals surface area contributed by atoms with Crippen molar-refractivity contribution in [1.29, 1.82) is 0 Å². The number of ether oxygens (including phenoxy) is 1. The molecule has 0 saturated carbocycles. The lowest BCUT2D eigenvalue weighted by atomic mass is 9.98. The molecule has 1 aliphatic heterocycles. The molecule has 0 bridgehead atoms. The second-order valence-corrected chi connectivity index (χ2v) is 9.29. The third-order valence-electron chi connectivity index (χ3n) is 4.96. The summed E-state index contributed by atoms with van der Waals surface area (Å²) in [7, 11) is -2.69. The number of nitrogens with one attached hydrogen (secondary N) is 1. The quantitative estimate of drug-likeness (QED) is 0.766. The number of methoxy groups -OCH3 is 1. The molecule has 1 heterocycles. The number of benzene rings is 2. The Balaban J connectivity index is 1.80. The molecule has 1 saturated heterocycles. The van der Waals surface area contributed by atoms with Gasteiger partial charge in [-0.25, -0.2) is 12.8 Å². The zero-order valence-corrected chi connectivity index (χ0v) is 17.7. The first-order valence-electron chi connectivity index (χ1n) is 9.13. The van der Waals surface area contributed by atoms with Gasteiger partial charge in [-0.15, -0.1) is 0 Å². The van der Waals surface area contributed by atoms with Crippen molar-refractivity contribution in [2.75, 3.05) is 25.5 Å². The Morgan fingerprint density at radius 1 is 1.28 bits per heavy atom. The summed E-state index contributed by atoms with van der Waals surface area (Å²) < 4.78 is 46.1. The molecule has 1 amide bonds. The third kappa shape index (κ3) is 4.71. The summed E-state index contributed by atoms with van der Waals surface area (Å²) in [5, 5.41) is 3.33. The lowest BCUT2D eigenvalue weighted by Crippen LogP contribution is -2.43. The van der Waals surface area contributed by atoms with E-state index in [4.69, 9.17) is 16.3 Å². The van der Waals surface area contributed by atoms with E-state index in [1.54, 1.807) is 18.2 Å². The Morgan fingerprint density at radius 2 is 2.03 bits per heavy atom. The van der Waals surface area contributed by atoms with Crippen molar-refractivity contribution in [2.45, 2.75) is 24.7 Å². The second kappa shape index (κ2) is 8.69. The SMILES string of the molecule is COc1ccc(F)cc1S(=O)(=O)N1CCC[C@@H](C(=O)Nc2cc(Cl)ccc2C)C1. The number of nitrogens with zero attached hydrogens (tertiary/aromatic N) is 1. The summed E-state index contributed by atoms with van der Waals surface area (Å²) in [5.74, 6) is -1.42. The summed E-state index contributed by atoms with van der Waals surface area (Å²) >= 11 is 6.00. The average molecular weight is 441 g/mol. The first-order valence-corrected chi connectivity index (χ1v) is 10.9. The second-order valence-electron chi connectivity index (χ2n) is 6.95. The zero-order valence-electron chi connectivity index (χ0n) is 16.1. The maximum Gasteiger partial charge on any atom is 0.246 e. The van der Waals surface area contributed by atoms with E-state index in [0.717, 1.165) is 17.7 Å². The minimum Gasteiger partial charge on any atom is -0.495 e. The van der Waals surface area contributed by atoms with Crippen LogP contribution in [0, 0.1) is 18.7 Å². The number of sulfonamides is 1. The van der Waals surface area contributed by atoms with Crippen LogP contribution in [0.1, 0.15) is 18.4 Å². The highest BCUT2D eigenvalue weighted by Crippen LogP contribution is 2.31. The van der Waals surface area contributed by atoms with E-state index in [2.05, 4.69) is 5.32 Å². The summed E-state index contributed by atoms with van der Waals surface area (Å²) in [6.07, 6.45) is 1.07. The fourth-order valence-corrected chi connectivity index (χ4v) is 5.19. The third-order valence-corrected chi connectivity index (χ3v) is 7.08. The van der Waals surface area contributed by atoms with Crippen molar-refractivity contribution in [3.05, 3.63) is 52.8 Å². The zero-order chi connectivity index (χ0) is 21.2. The van der Waals surface area contributed by atoms with Gasteiger partial charge in [0.05, 0.1) is 13.0 Å². The molecule has 9 heteroatoms. The van der Waals surface area contributed by atoms with E-state index in [9.17, 15) is 17.6 Å². The molecule has 156 valence electrons. The van der Waals surface area contributed by atoms with E-state index >= 15 is 0 Å². The van der Waals surface area contributed by atoms with Crippen LogP contribution in [0.25, 0.3) is 0 Å². The van der Waals surface area contributed by atoms with E-state index in [1.807, 2.05) is 6.92 Å². The molecule has 2 aromatic rings. The van der Waals surface area contributed by atoms with Gasteiger partial charge in [0.1, 0.15) is 16.5 Å². The van der Waals surface area contributed by atoms with E-state index in [0.29, 0.717) is 23.6 Å². The standard InChI is InChI=1S/C20H22ClFN2O4S/c1-13-5-6-15(21)10-17(13)23-20(25)14-4-3-9-24(12-14)29(26,27)19-11-16(22)7-8-18(19)28-2/h5-8,10-11,14H,3-4,9,12H2,1-2H3,(H,23,25)/t14-/m1/s1. The molecule has 6 nitrogen and oxygen atoms in total. The molecule has 1 N–H and O–H groups in total. The van der Waals surface area contributed by atoms with Gasteiger partial charge in [-0.1, -0.05) is 17.7 Å². The van der Waals surface area contributed by atoms with Gasteiger partial charge in [0.25, 0.3) is 0 Å². The predicted molar refractivity (Wildman–Crippen MR) is 109 cm³/mol. The summed E-state index contributed by atoms with van der Waals surface area (Å²) in [4.78, 5) is 12.5. The van der Waals surface area contributed by atoms with Gasteiger partial charge in [0.2, 0.25) is 15.9 Å². The summed E-state index contributed by atoms with van der Waals surface area (Å²) in [5.41, 5.74) is 1.45. The minimum absolute atomic E-state index is 0.00739. The van der Waals surface area contributed by atoms with Crippen LogP contribution in [0.5, 0.6) is 5.75 Å². The molecule has 0 aromatic heterocycles. The van der Waals surface area contributed by atoms with E-state index in [-0.39, 0.29) is 29.6 Å². The van der Waals surface area contributed by atoms with Gasteiger partial charge >= 0.3 is 0 Å². The molecule has 0 spiro atoms. The van der Waals surface area contributed by atoms with Crippen LogP contribution < -0.4 is 10.1 Å². The predicted octanol–water partition coefficient (Wildman–Crippen LogP) is 3.84. The molecular weight excluding hydrogens is 419 g/mol. The number of piperidine rings is 1. The van der Waals surface area contributed by atoms with Crippen LogP contribution in [-0.4, -0.2) is 38.8 Å². The van der Waals surface area contributed by atoms with Crippen LogP contribution in [0.3, 0.4) is 0 Å². The van der Waals surface area contributed by atoms with Crippen molar-refractivity contribution >= 4 is 33.2 Å². The molecule has 1 fully saturated rings. The molecular formula is C20H22ClFN2O4S. The molecule has 3 rings (SSSR count). The number of hydrogen-bond acceptors (Lipinski definition) is 4. The number of amides is 1. The number of carbonyl (C=O) groups excluding carboxylic acids is 1. The topological polar surface area (TPSA) is 75.7 Å². The lowest BCUT2D eigenvalue weighted by molar-refractivity contribution is -0.120. The number of aryl methyl sites for hydroxylation is 1. The van der Waals surface area contributed by atoms with Gasteiger partial charge in [-0.05, 0) is 55.7 Å². The molecule has 29 heavy (non-hydrogen) atoms. The summed E-state index contributed by atoms with van der Waals surface area (Å²) in [6.45, 7) is 2.11. The van der Waals surface area contributed by atoms with Gasteiger partial charge in [-0.2, -0.15) is 4.31 Å². The Bertz CT molecular complexity index is 1030. The fraction of sp³-hybridized carbons (Fsp3) is 0.350. The maximum atomic E-state index is 13.7. The normalized spacial score (nSPS) is 17.7. The number of halogens is 2. The van der Waals surface area contributed by atoms with Gasteiger partial charge in [0.15, 0.2) is 0 Å². The van der Waals surface area contributed by atoms with Gasteiger partial charge in [0, 0.05) is 23.8 Å². The molecule has 0 unspecified atom stereocenters. The van der Waals surface area contributed by atoms with Crippen LogP contribution >= 0.6 is 11.6 Å². The highest BCUT2D eigenvalue weighted by molar-refractivity contribution is 7.89. The van der Waals surface area contributed by atoms with Gasteiger partial charge < -0.3 is 10.1 Å². The summed E-state index contributed by atoms with van der Waals surface area (Å²) in [6, 6.07) is 8.53. The van der Waals surface area contributed by atoms with Gasteiger partial charge in [-0.3, -0.25) is 4.79 Å². The highest BCUT2D eigenvalue weighted by Gasteiger charge is 2.35. The van der Waals surface area contributed by atoms with Crippen molar-refractivity contribution in [2.24, 2.45) is 5.92 Å². The number of carbonyl (C=O) groups is 1. The van der Waals surface area contributed by atoms with Crippen LogP contribution in [-0.2, 0) is 14.8 Å². The maximum absolute atomic E-state index is 13.7. The van der Waals surface area contributed by atoms with Crippen LogP contribution in [0.2, 0.25) is 5.02 Å². The van der Waals surface area contributed by atoms with Crippen molar-refractivity contribution in [3.8, 4) is 5.75 Å². The number of rotatable bonds is 5. The van der Waals surface area contributed by atoms with Crippen molar-refractivity contribution < 1.29 is 22.3 Å². The molecule has 1 aliphatic rings. The lowest BCUT2D eigenvalue weighted by Gasteiger charge is -2.31. The highest BCUT2D eigenvalue weighted by atomic mass is 35.5. The molecule has 0 aliphatic carbocycles. The smallest absolute Gasteiger partial charge is 0.246 e. The van der Waals surface area contributed by atoms with Crippen LogP contribution in [0.4, 0.5) is 10.1 Å². The fourth-order valence-electron chi connectivity index (χ4n) is 3.33. The number of anilines is 1. The minimum atomic E-state index is -4.01. The molecule has 2 aromatic carbocycles. The Kier molecular flexibility index (Phi) is 6.45. The Labute approximate surface area is 174 Å². The molecule has 0 radical (unpaired) electrons. The Morgan fingerprint density at radius 3 is 2.76 bits per heavy atom. The van der Waals surface area contributed by atoms with Crippen molar-refractivity contribution in [3.63, 3.8) is 0 Å². The molecule has 1 atom stereocenters. The van der Waals surface area contributed by atoms with E-state index < -0.39 is 21.8 Å². The monoisotopic (exact) mass is 440 g/mol. The van der Waals surface area contributed by atoms with E-state index in [1.165, 1.54) is 17.5 Å². The number of hydrogen-bond donors (Lipinski definition) is 1. The van der Waals surface area contributed by atoms with Crippen LogP contribution in [0.15, 0.2) is 41.3 Å². The Hall–Kier alpha value is -2.16. The first-order chi connectivity index (χ1) is 13.7. The van der Waals surface area contributed by atoms with Crippen molar-refractivity contribution in [1.82, 2.24) is 4.31 Å². The average Bonchev–Trinajstić information content (AvgIpc) is 2.70.